The molecule has 6 heteroatoms. The van der Waals surface area contributed by atoms with E-state index in [2.05, 4.69) is 16.4 Å². The summed E-state index contributed by atoms with van der Waals surface area (Å²) in [7, 11) is 0. The second kappa shape index (κ2) is 8.53. The van der Waals surface area contributed by atoms with Gasteiger partial charge in [0.25, 0.3) is 11.5 Å². The average Bonchev–Trinajstić information content (AvgIpc) is 2.75. The zero-order chi connectivity index (χ0) is 21.1. The van der Waals surface area contributed by atoms with Crippen molar-refractivity contribution in [3.05, 3.63) is 86.1 Å². The Labute approximate surface area is 174 Å². The fourth-order valence-corrected chi connectivity index (χ4v) is 3.86. The van der Waals surface area contributed by atoms with Crippen molar-refractivity contribution < 1.29 is 4.79 Å². The van der Waals surface area contributed by atoms with E-state index >= 15 is 0 Å². The van der Waals surface area contributed by atoms with Gasteiger partial charge in [-0.2, -0.15) is 0 Å². The highest BCUT2D eigenvalue weighted by Crippen LogP contribution is 2.19. The molecule has 0 aliphatic heterocycles. The van der Waals surface area contributed by atoms with Crippen molar-refractivity contribution in [3.63, 3.8) is 0 Å². The van der Waals surface area contributed by atoms with Gasteiger partial charge in [-0.1, -0.05) is 29.3 Å². The van der Waals surface area contributed by atoms with Crippen LogP contribution in [0.1, 0.15) is 48.0 Å². The highest BCUT2D eigenvalue weighted by molar-refractivity contribution is 5.97. The third-order valence-electron chi connectivity index (χ3n) is 5.57. The number of amides is 1. The Morgan fingerprint density at radius 1 is 1.10 bits per heavy atom. The number of H-pyrrole nitrogens is 1. The van der Waals surface area contributed by atoms with Gasteiger partial charge in [0.15, 0.2) is 0 Å². The van der Waals surface area contributed by atoms with Crippen LogP contribution in [-0.2, 0) is 0 Å². The molecule has 1 aliphatic rings. The van der Waals surface area contributed by atoms with Crippen LogP contribution >= 0.6 is 0 Å². The highest BCUT2D eigenvalue weighted by Gasteiger charge is 2.13. The lowest BCUT2D eigenvalue weighted by Gasteiger charge is -2.13. The molecule has 1 heterocycles. The van der Waals surface area contributed by atoms with E-state index in [9.17, 15) is 14.4 Å². The summed E-state index contributed by atoms with van der Waals surface area (Å²) in [5.74, 6) is -0.211. The number of carbonyl (C=O) groups excluding carboxylic acids is 1. The van der Waals surface area contributed by atoms with Crippen molar-refractivity contribution >= 4 is 16.8 Å². The summed E-state index contributed by atoms with van der Waals surface area (Å²) in [5, 5.41) is 3.29. The Morgan fingerprint density at radius 2 is 1.90 bits per heavy atom. The molecule has 0 unspecified atom stereocenters. The Bertz CT molecular complexity index is 1230. The van der Waals surface area contributed by atoms with E-state index in [-0.39, 0.29) is 5.91 Å². The number of aromatic nitrogens is 2. The van der Waals surface area contributed by atoms with E-state index in [0.29, 0.717) is 28.7 Å². The minimum atomic E-state index is -0.529. The SMILES string of the molecule is Cc1ccc(-n2c(=O)[nH]c3cc(C(=O)NCCC4=CCCCC4)ccc3c2=O)cc1. The topological polar surface area (TPSA) is 84.0 Å². The molecule has 0 spiro atoms. The standard InChI is InChI=1S/C24H25N3O3/c1-16-7-10-19(11-8-16)27-23(29)20-12-9-18(15-21(20)26-24(27)30)22(28)25-14-13-17-5-3-2-4-6-17/h5,7-12,15H,2-4,6,13-14H2,1H3,(H,25,28)(H,26,30). The molecule has 4 rings (SSSR count). The Hall–Kier alpha value is -3.41. The van der Waals surface area contributed by atoms with Gasteiger partial charge in [-0.25, -0.2) is 9.36 Å². The first-order chi connectivity index (χ1) is 14.5. The van der Waals surface area contributed by atoms with Crippen molar-refractivity contribution in [3.8, 4) is 5.69 Å². The van der Waals surface area contributed by atoms with Gasteiger partial charge in [-0.05, 0) is 69.4 Å². The minimum absolute atomic E-state index is 0.211. The van der Waals surface area contributed by atoms with Gasteiger partial charge in [0.05, 0.1) is 16.6 Å². The number of hydrogen-bond acceptors (Lipinski definition) is 3. The van der Waals surface area contributed by atoms with Crippen LogP contribution in [0, 0.1) is 6.92 Å². The van der Waals surface area contributed by atoms with Crippen molar-refractivity contribution in [1.29, 1.82) is 0 Å². The smallest absolute Gasteiger partial charge is 0.333 e. The van der Waals surface area contributed by atoms with Gasteiger partial charge >= 0.3 is 5.69 Å². The van der Waals surface area contributed by atoms with Crippen LogP contribution in [0.3, 0.4) is 0 Å². The number of benzene rings is 2. The van der Waals surface area contributed by atoms with Crippen LogP contribution in [-0.4, -0.2) is 22.0 Å². The molecular weight excluding hydrogens is 378 g/mol. The van der Waals surface area contributed by atoms with Crippen LogP contribution in [0.25, 0.3) is 16.6 Å². The summed E-state index contributed by atoms with van der Waals surface area (Å²) in [6.45, 7) is 2.52. The number of aryl methyl sites for hydroxylation is 1. The number of carbonyl (C=O) groups is 1. The number of aromatic amines is 1. The first-order valence-corrected chi connectivity index (χ1v) is 10.4. The molecule has 2 N–H and O–H groups in total. The van der Waals surface area contributed by atoms with Gasteiger partial charge in [0.2, 0.25) is 0 Å². The molecular formula is C24H25N3O3. The predicted octanol–water partition coefficient (Wildman–Crippen LogP) is 3.61. The molecule has 6 nitrogen and oxygen atoms in total. The largest absolute Gasteiger partial charge is 0.352 e. The first kappa shape index (κ1) is 19.9. The van der Waals surface area contributed by atoms with Gasteiger partial charge in [-0.3, -0.25) is 9.59 Å². The summed E-state index contributed by atoms with van der Waals surface area (Å²) in [6, 6.07) is 12.0. The zero-order valence-corrected chi connectivity index (χ0v) is 17.0. The van der Waals surface area contributed by atoms with Gasteiger partial charge in [0.1, 0.15) is 0 Å². The van der Waals surface area contributed by atoms with E-state index in [4.69, 9.17) is 0 Å². The molecule has 154 valence electrons. The maximum atomic E-state index is 12.9. The summed E-state index contributed by atoms with van der Waals surface area (Å²) in [4.78, 5) is 40.7. The Balaban J connectivity index is 1.57. The summed E-state index contributed by atoms with van der Waals surface area (Å²) < 4.78 is 1.11. The fraction of sp³-hybridized carbons (Fsp3) is 0.292. The maximum Gasteiger partial charge on any atom is 0.333 e. The molecule has 3 aromatic rings. The van der Waals surface area contributed by atoms with Gasteiger partial charge < -0.3 is 10.3 Å². The monoisotopic (exact) mass is 403 g/mol. The van der Waals surface area contributed by atoms with Crippen LogP contribution in [0.15, 0.2) is 63.7 Å². The molecule has 1 aromatic heterocycles. The number of nitrogens with zero attached hydrogens (tertiary/aromatic N) is 1. The van der Waals surface area contributed by atoms with Crippen molar-refractivity contribution in [1.82, 2.24) is 14.9 Å². The van der Waals surface area contributed by atoms with Crippen LogP contribution in [0.5, 0.6) is 0 Å². The molecule has 0 fully saturated rings. The minimum Gasteiger partial charge on any atom is -0.352 e. The summed E-state index contributed by atoms with van der Waals surface area (Å²) >= 11 is 0. The highest BCUT2D eigenvalue weighted by atomic mass is 16.2. The summed E-state index contributed by atoms with van der Waals surface area (Å²) in [6.07, 6.45) is 7.84. The first-order valence-electron chi connectivity index (χ1n) is 10.4. The number of nitrogens with one attached hydrogen (secondary N) is 2. The molecule has 0 radical (unpaired) electrons. The van der Waals surface area contributed by atoms with E-state index < -0.39 is 11.2 Å². The molecule has 0 saturated heterocycles. The van der Waals surface area contributed by atoms with Crippen molar-refractivity contribution in [2.24, 2.45) is 0 Å². The van der Waals surface area contributed by atoms with Gasteiger partial charge in [-0.15, -0.1) is 0 Å². The van der Waals surface area contributed by atoms with Crippen molar-refractivity contribution in [2.75, 3.05) is 6.54 Å². The molecule has 30 heavy (non-hydrogen) atoms. The van der Waals surface area contributed by atoms with Crippen LogP contribution in [0.2, 0.25) is 0 Å². The molecule has 1 amide bonds. The number of fused-ring (bicyclic) bond motifs is 1. The second-order valence-electron chi connectivity index (χ2n) is 7.78. The number of rotatable bonds is 5. The zero-order valence-electron chi connectivity index (χ0n) is 17.0. The van der Waals surface area contributed by atoms with E-state index in [0.717, 1.165) is 29.4 Å². The van der Waals surface area contributed by atoms with Crippen LogP contribution < -0.4 is 16.6 Å². The lowest BCUT2D eigenvalue weighted by Crippen LogP contribution is -2.33. The Kier molecular flexibility index (Phi) is 5.65. The lowest BCUT2D eigenvalue weighted by molar-refractivity contribution is 0.0954. The molecule has 1 aliphatic carbocycles. The molecule has 2 aromatic carbocycles. The second-order valence-corrected chi connectivity index (χ2v) is 7.78. The molecule has 0 atom stereocenters. The van der Waals surface area contributed by atoms with E-state index in [1.807, 2.05) is 19.1 Å². The van der Waals surface area contributed by atoms with Crippen molar-refractivity contribution in [2.45, 2.75) is 39.0 Å². The summed E-state index contributed by atoms with van der Waals surface area (Å²) in [5.41, 5.74) is 2.79. The molecule has 0 bridgehead atoms. The van der Waals surface area contributed by atoms with Gasteiger partial charge in [0, 0.05) is 12.1 Å². The number of allylic oxidation sites excluding steroid dienone is 1. The average molecular weight is 403 g/mol. The number of hydrogen-bond donors (Lipinski definition) is 2. The lowest BCUT2D eigenvalue weighted by atomic mass is 9.97. The molecule has 0 saturated carbocycles. The fourth-order valence-electron chi connectivity index (χ4n) is 3.86. The third-order valence-corrected chi connectivity index (χ3v) is 5.57. The van der Waals surface area contributed by atoms with Crippen LogP contribution in [0.4, 0.5) is 0 Å². The van der Waals surface area contributed by atoms with E-state index in [1.165, 1.54) is 18.4 Å². The third kappa shape index (κ3) is 4.13. The normalized spacial score (nSPS) is 13.8. The van der Waals surface area contributed by atoms with E-state index in [1.54, 1.807) is 30.3 Å². The quantitative estimate of drug-likeness (QED) is 0.639. The predicted molar refractivity (Wildman–Crippen MR) is 118 cm³/mol. The maximum absolute atomic E-state index is 12.9. The Morgan fingerprint density at radius 3 is 2.63 bits per heavy atom.